The number of hydrogen-bond donors (Lipinski definition) is 1. The molecule has 0 fully saturated rings. The van der Waals surface area contributed by atoms with Crippen molar-refractivity contribution in [2.45, 2.75) is 0 Å². The number of aromatic nitrogens is 1. The first-order valence-electron chi connectivity index (χ1n) is 4.80. The Morgan fingerprint density at radius 2 is 1.80 bits per heavy atom. The molecule has 2 rings (SSSR count). The Labute approximate surface area is 89.3 Å². The van der Waals surface area contributed by atoms with Crippen LogP contribution in [0.3, 0.4) is 0 Å². The number of pyridine rings is 1. The Morgan fingerprint density at radius 1 is 1.07 bits per heavy atom. The van der Waals surface area contributed by atoms with Gasteiger partial charge < -0.3 is 5.73 Å². The van der Waals surface area contributed by atoms with Crippen molar-refractivity contribution in [3.63, 3.8) is 0 Å². The fourth-order valence-corrected chi connectivity index (χ4v) is 1.57. The molecule has 0 radical (unpaired) electrons. The predicted octanol–water partition coefficient (Wildman–Crippen LogP) is 2.32. The summed E-state index contributed by atoms with van der Waals surface area (Å²) in [6.45, 7) is 3.77. The van der Waals surface area contributed by atoms with Gasteiger partial charge in [0.05, 0.1) is 5.56 Å². The SMILES string of the molecule is C=C[n+]1ccccc1-c1ccccc1N. The van der Waals surface area contributed by atoms with Gasteiger partial charge in [-0.1, -0.05) is 12.1 Å². The Hall–Kier alpha value is -2.09. The fraction of sp³-hybridized carbons (Fsp3) is 0. The number of nitrogen functional groups attached to an aromatic ring is 1. The summed E-state index contributed by atoms with van der Waals surface area (Å²) in [5, 5.41) is 0. The van der Waals surface area contributed by atoms with E-state index < -0.39 is 0 Å². The first kappa shape index (κ1) is 9.46. The van der Waals surface area contributed by atoms with Gasteiger partial charge in [-0.15, -0.1) is 0 Å². The minimum Gasteiger partial charge on any atom is -0.398 e. The van der Waals surface area contributed by atoms with Gasteiger partial charge in [-0.05, 0) is 24.8 Å². The van der Waals surface area contributed by atoms with E-state index in [0.717, 1.165) is 16.9 Å². The van der Waals surface area contributed by atoms with Crippen LogP contribution in [-0.4, -0.2) is 0 Å². The van der Waals surface area contributed by atoms with Gasteiger partial charge in [-0.3, -0.25) is 0 Å². The lowest BCUT2D eigenvalue weighted by Gasteiger charge is -2.02. The number of para-hydroxylation sites is 1. The summed E-state index contributed by atoms with van der Waals surface area (Å²) in [5.74, 6) is 0. The molecule has 2 nitrogen and oxygen atoms in total. The standard InChI is InChI=1S/C13H12N2/c1-2-15-10-6-5-9-13(15)11-7-3-4-8-12(11)14/h2-10,14H,1H2/p+1. The van der Waals surface area contributed by atoms with Gasteiger partial charge in [-0.2, -0.15) is 4.57 Å². The lowest BCUT2D eigenvalue weighted by atomic mass is 10.1. The monoisotopic (exact) mass is 197 g/mol. The predicted molar refractivity (Wildman–Crippen MR) is 62.9 cm³/mol. The third-order valence-electron chi connectivity index (χ3n) is 2.32. The Bertz CT molecular complexity index is 489. The highest BCUT2D eigenvalue weighted by molar-refractivity contribution is 5.71. The molecule has 2 heteroatoms. The van der Waals surface area contributed by atoms with Crippen molar-refractivity contribution in [3.8, 4) is 11.3 Å². The highest BCUT2D eigenvalue weighted by atomic mass is 14.9. The zero-order valence-corrected chi connectivity index (χ0v) is 8.43. The van der Waals surface area contributed by atoms with E-state index in [4.69, 9.17) is 5.73 Å². The third-order valence-corrected chi connectivity index (χ3v) is 2.32. The summed E-state index contributed by atoms with van der Waals surface area (Å²) in [4.78, 5) is 0. The molecule has 1 aromatic carbocycles. The first-order chi connectivity index (χ1) is 7.33. The average molecular weight is 197 g/mol. The van der Waals surface area contributed by atoms with E-state index in [0.29, 0.717) is 0 Å². The molecule has 0 saturated heterocycles. The summed E-state index contributed by atoms with van der Waals surface area (Å²) >= 11 is 0. The molecule has 0 aliphatic heterocycles. The topological polar surface area (TPSA) is 29.9 Å². The van der Waals surface area contributed by atoms with Crippen molar-refractivity contribution >= 4 is 11.9 Å². The molecule has 2 N–H and O–H groups in total. The zero-order valence-electron chi connectivity index (χ0n) is 8.43. The second-order valence-electron chi connectivity index (χ2n) is 3.26. The van der Waals surface area contributed by atoms with Gasteiger partial charge in [0.2, 0.25) is 5.69 Å². The number of benzene rings is 1. The summed E-state index contributed by atoms with van der Waals surface area (Å²) in [6.07, 6.45) is 3.72. The van der Waals surface area contributed by atoms with E-state index >= 15 is 0 Å². The molecule has 0 spiro atoms. The van der Waals surface area contributed by atoms with Crippen LogP contribution in [0.15, 0.2) is 55.2 Å². The Kier molecular flexibility index (Phi) is 2.50. The molecule has 2 aromatic rings. The Balaban J connectivity index is 2.64. The second-order valence-corrected chi connectivity index (χ2v) is 3.26. The molecular formula is C13H13N2+. The summed E-state index contributed by atoms with van der Waals surface area (Å²) in [6, 6.07) is 13.8. The number of hydrogen-bond acceptors (Lipinski definition) is 1. The van der Waals surface area contributed by atoms with Crippen molar-refractivity contribution < 1.29 is 4.57 Å². The molecule has 0 atom stereocenters. The molecule has 0 unspecified atom stereocenters. The van der Waals surface area contributed by atoms with Crippen LogP contribution in [-0.2, 0) is 0 Å². The molecule has 1 aromatic heterocycles. The maximum atomic E-state index is 5.93. The van der Waals surface area contributed by atoms with Crippen LogP contribution in [0.4, 0.5) is 5.69 Å². The summed E-state index contributed by atoms with van der Waals surface area (Å²) < 4.78 is 1.95. The van der Waals surface area contributed by atoms with Crippen molar-refractivity contribution in [1.29, 1.82) is 0 Å². The van der Waals surface area contributed by atoms with Crippen LogP contribution in [0, 0.1) is 0 Å². The van der Waals surface area contributed by atoms with Gasteiger partial charge in [0.15, 0.2) is 12.4 Å². The lowest BCUT2D eigenvalue weighted by Crippen LogP contribution is -2.27. The maximum Gasteiger partial charge on any atom is 0.219 e. The molecule has 0 aliphatic carbocycles. The van der Waals surface area contributed by atoms with Gasteiger partial charge in [0, 0.05) is 17.8 Å². The highest BCUT2D eigenvalue weighted by Crippen LogP contribution is 2.21. The highest BCUT2D eigenvalue weighted by Gasteiger charge is 2.11. The third kappa shape index (κ3) is 1.74. The summed E-state index contributed by atoms with van der Waals surface area (Å²) in [5.41, 5.74) is 8.78. The van der Waals surface area contributed by atoms with E-state index in [1.807, 2.05) is 53.2 Å². The molecular weight excluding hydrogens is 184 g/mol. The van der Waals surface area contributed by atoms with Crippen molar-refractivity contribution in [1.82, 2.24) is 0 Å². The van der Waals surface area contributed by atoms with Gasteiger partial charge >= 0.3 is 0 Å². The van der Waals surface area contributed by atoms with Gasteiger partial charge in [-0.25, -0.2) is 0 Å². The fourth-order valence-electron chi connectivity index (χ4n) is 1.57. The molecule has 0 bridgehead atoms. The number of nitrogens with zero attached hydrogens (tertiary/aromatic N) is 1. The second kappa shape index (κ2) is 3.96. The molecule has 0 saturated carbocycles. The molecule has 0 aliphatic rings. The van der Waals surface area contributed by atoms with E-state index in [1.54, 1.807) is 6.20 Å². The van der Waals surface area contributed by atoms with Crippen LogP contribution in [0.25, 0.3) is 17.5 Å². The largest absolute Gasteiger partial charge is 0.398 e. The van der Waals surface area contributed by atoms with Gasteiger partial charge in [0.1, 0.15) is 0 Å². The average Bonchev–Trinajstić information content (AvgIpc) is 2.30. The quantitative estimate of drug-likeness (QED) is 0.581. The van der Waals surface area contributed by atoms with Crippen LogP contribution in [0.2, 0.25) is 0 Å². The van der Waals surface area contributed by atoms with Crippen molar-refractivity contribution in [3.05, 3.63) is 55.2 Å². The molecule has 74 valence electrons. The zero-order chi connectivity index (χ0) is 10.7. The molecule has 1 heterocycles. The number of rotatable bonds is 2. The lowest BCUT2D eigenvalue weighted by molar-refractivity contribution is -0.555. The van der Waals surface area contributed by atoms with E-state index in [-0.39, 0.29) is 0 Å². The minimum atomic E-state index is 0.777. The van der Waals surface area contributed by atoms with E-state index in [9.17, 15) is 0 Å². The molecule has 15 heavy (non-hydrogen) atoms. The van der Waals surface area contributed by atoms with E-state index in [1.165, 1.54) is 0 Å². The summed E-state index contributed by atoms with van der Waals surface area (Å²) in [7, 11) is 0. The maximum absolute atomic E-state index is 5.93. The smallest absolute Gasteiger partial charge is 0.219 e. The normalized spacial score (nSPS) is 9.87. The van der Waals surface area contributed by atoms with Gasteiger partial charge in [0.25, 0.3) is 0 Å². The van der Waals surface area contributed by atoms with Crippen molar-refractivity contribution in [2.24, 2.45) is 0 Å². The van der Waals surface area contributed by atoms with E-state index in [2.05, 4.69) is 6.58 Å². The van der Waals surface area contributed by atoms with Crippen LogP contribution in [0.1, 0.15) is 0 Å². The van der Waals surface area contributed by atoms with Crippen LogP contribution >= 0.6 is 0 Å². The van der Waals surface area contributed by atoms with Crippen molar-refractivity contribution in [2.75, 3.05) is 5.73 Å². The Morgan fingerprint density at radius 3 is 2.53 bits per heavy atom. The van der Waals surface area contributed by atoms with Crippen LogP contribution in [0.5, 0.6) is 0 Å². The minimum absolute atomic E-state index is 0.777. The first-order valence-corrected chi connectivity index (χ1v) is 4.80. The molecule has 0 amide bonds. The number of nitrogens with two attached hydrogens (primary N) is 1. The van der Waals surface area contributed by atoms with Crippen LogP contribution < -0.4 is 10.3 Å². The number of anilines is 1.